The monoisotopic (exact) mass is 422 g/mol. The number of carbonyl (C=O) groups excluding carboxylic acids is 2. The molecule has 0 bridgehead atoms. The number of halogens is 2. The summed E-state index contributed by atoms with van der Waals surface area (Å²) in [4.78, 5) is 23.9. The van der Waals surface area contributed by atoms with Gasteiger partial charge in [0, 0.05) is 24.6 Å². The molecule has 0 aliphatic carbocycles. The zero-order valence-electron chi connectivity index (χ0n) is 15.7. The van der Waals surface area contributed by atoms with E-state index in [1.165, 1.54) is 6.92 Å². The number of ketones is 1. The van der Waals surface area contributed by atoms with Crippen molar-refractivity contribution in [2.45, 2.75) is 24.7 Å². The molecular formula is C20H20F2N2O4S. The number of para-hydroxylation sites is 1. The number of piperidine rings is 1. The second kappa shape index (κ2) is 8.38. The van der Waals surface area contributed by atoms with Crippen LogP contribution >= 0.6 is 0 Å². The molecule has 1 saturated heterocycles. The number of nitrogens with zero attached hydrogens (tertiary/aromatic N) is 1. The van der Waals surface area contributed by atoms with Gasteiger partial charge >= 0.3 is 0 Å². The van der Waals surface area contributed by atoms with Crippen LogP contribution in [0.15, 0.2) is 47.4 Å². The second-order valence-electron chi connectivity index (χ2n) is 6.85. The van der Waals surface area contributed by atoms with E-state index >= 15 is 0 Å². The molecule has 9 heteroatoms. The van der Waals surface area contributed by atoms with Crippen LogP contribution in [-0.2, 0) is 14.8 Å². The van der Waals surface area contributed by atoms with E-state index in [-0.39, 0.29) is 42.5 Å². The Morgan fingerprint density at radius 1 is 1.03 bits per heavy atom. The summed E-state index contributed by atoms with van der Waals surface area (Å²) in [6.07, 6.45) is 0.550. The number of hydrogen-bond acceptors (Lipinski definition) is 4. The summed E-state index contributed by atoms with van der Waals surface area (Å²) in [5.41, 5.74) is 0.820. The molecule has 1 N–H and O–H groups in total. The van der Waals surface area contributed by atoms with Crippen molar-refractivity contribution >= 4 is 27.4 Å². The van der Waals surface area contributed by atoms with Crippen LogP contribution in [0.25, 0.3) is 0 Å². The minimum atomic E-state index is -3.98. The van der Waals surface area contributed by atoms with Crippen LogP contribution in [0.4, 0.5) is 14.5 Å². The van der Waals surface area contributed by atoms with E-state index in [0.717, 1.165) is 16.4 Å². The zero-order valence-corrected chi connectivity index (χ0v) is 16.5. The van der Waals surface area contributed by atoms with Gasteiger partial charge in [-0.15, -0.1) is 0 Å². The minimum Gasteiger partial charge on any atom is -0.325 e. The highest BCUT2D eigenvalue weighted by Gasteiger charge is 2.32. The summed E-state index contributed by atoms with van der Waals surface area (Å²) in [7, 11) is -3.98. The van der Waals surface area contributed by atoms with Gasteiger partial charge in [0.2, 0.25) is 15.9 Å². The first kappa shape index (κ1) is 21.1. The maximum Gasteiger partial charge on any atom is 0.243 e. The van der Waals surface area contributed by atoms with Crippen molar-refractivity contribution in [3.05, 3.63) is 59.7 Å². The Morgan fingerprint density at radius 3 is 2.31 bits per heavy atom. The fourth-order valence-corrected chi connectivity index (χ4v) is 4.76. The Balaban J connectivity index is 1.66. The van der Waals surface area contributed by atoms with Gasteiger partial charge in [0.25, 0.3) is 0 Å². The van der Waals surface area contributed by atoms with Crippen LogP contribution in [-0.4, -0.2) is 37.5 Å². The Labute approximate surface area is 167 Å². The quantitative estimate of drug-likeness (QED) is 0.750. The zero-order chi connectivity index (χ0) is 21.2. The number of Topliss-reactive ketones (excluding diaryl/α,β-unsaturated/α-hetero) is 1. The van der Waals surface area contributed by atoms with E-state index in [4.69, 9.17) is 0 Å². The average molecular weight is 422 g/mol. The Morgan fingerprint density at radius 2 is 1.69 bits per heavy atom. The normalized spacial score (nSPS) is 15.8. The molecule has 0 saturated carbocycles. The summed E-state index contributed by atoms with van der Waals surface area (Å²) in [5.74, 6) is -3.24. The van der Waals surface area contributed by atoms with Gasteiger partial charge < -0.3 is 5.32 Å². The van der Waals surface area contributed by atoms with Crippen molar-refractivity contribution in [2.75, 3.05) is 18.4 Å². The summed E-state index contributed by atoms with van der Waals surface area (Å²) >= 11 is 0. The number of nitrogens with one attached hydrogen (secondary N) is 1. The molecule has 1 heterocycles. The van der Waals surface area contributed by atoms with Gasteiger partial charge in [-0.05, 0) is 50.1 Å². The van der Waals surface area contributed by atoms with Gasteiger partial charge in [0.05, 0.1) is 10.6 Å². The third-order valence-electron chi connectivity index (χ3n) is 4.92. The SMILES string of the molecule is CC(=O)c1ccccc1NC(=O)C1CCN(S(=O)(=O)c2ccc(F)c(F)c2)CC1. The van der Waals surface area contributed by atoms with E-state index in [1.807, 2.05) is 0 Å². The van der Waals surface area contributed by atoms with Crippen LogP contribution in [0.2, 0.25) is 0 Å². The molecule has 2 aromatic rings. The lowest BCUT2D eigenvalue weighted by molar-refractivity contribution is -0.120. The maximum absolute atomic E-state index is 13.4. The summed E-state index contributed by atoms with van der Waals surface area (Å²) in [6.45, 7) is 1.56. The lowest BCUT2D eigenvalue weighted by Crippen LogP contribution is -2.41. The molecule has 1 aliphatic rings. The van der Waals surface area contributed by atoms with Crippen molar-refractivity contribution in [2.24, 2.45) is 5.92 Å². The van der Waals surface area contributed by atoms with Crippen molar-refractivity contribution in [3.63, 3.8) is 0 Å². The first-order chi connectivity index (χ1) is 13.7. The second-order valence-corrected chi connectivity index (χ2v) is 8.78. The predicted octanol–water partition coefficient (Wildman–Crippen LogP) is 3.21. The van der Waals surface area contributed by atoms with Gasteiger partial charge in [-0.3, -0.25) is 9.59 Å². The maximum atomic E-state index is 13.4. The number of anilines is 1. The van der Waals surface area contributed by atoms with Gasteiger partial charge in [0.15, 0.2) is 17.4 Å². The highest BCUT2D eigenvalue weighted by atomic mass is 32.2. The van der Waals surface area contributed by atoms with E-state index in [1.54, 1.807) is 24.3 Å². The van der Waals surface area contributed by atoms with Gasteiger partial charge in [0.1, 0.15) is 0 Å². The van der Waals surface area contributed by atoms with Gasteiger partial charge in [-0.25, -0.2) is 17.2 Å². The minimum absolute atomic E-state index is 0.0772. The van der Waals surface area contributed by atoms with Crippen LogP contribution in [0.1, 0.15) is 30.1 Å². The third-order valence-corrected chi connectivity index (χ3v) is 6.81. The fraction of sp³-hybridized carbons (Fsp3) is 0.300. The first-order valence-electron chi connectivity index (χ1n) is 9.06. The number of rotatable bonds is 5. The van der Waals surface area contributed by atoms with Crippen LogP contribution in [0, 0.1) is 17.6 Å². The summed E-state index contributed by atoms with van der Waals surface area (Å²) in [5, 5.41) is 2.74. The molecule has 0 radical (unpaired) electrons. The van der Waals surface area contributed by atoms with E-state index < -0.39 is 27.6 Å². The standard InChI is InChI=1S/C20H20F2N2O4S/c1-13(25)16-4-2-3-5-19(16)23-20(26)14-8-10-24(11-9-14)29(27,28)15-6-7-17(21)18(22)12-15/h2-7,12,14H,8-11H2,1H3,(H,23,26). The van der Waals surface area contributed by atoms with Crippen LogP contribution in [0.5, 0.6) is 0 Å². The molecule has 3 rings (SSSR count). The van der Waals surface area contributed by atoms with E-state index in [9.17, 15) is 26.8 Å². The highest BCUT2D eigenvalue weighted by Crippen LogP contribution is 2.26. The van der Waals surface area contributed by atoms with E-state index in [0.29, 0.717) is 17.3 Å². The number of hydrogen-bond donors (Lipinski definition) is 1. The number of sulfonamides is 1. The van der Waals surface area contributed by atoms with Crippen molar-refractivity contribution in [1.29, 1.82) is 0 Å². The Hall–Kier alpha value is -2.65. The van der Waals surface area contributed by atoms with Gasteiger partial charge in [-0.2, -0.15) is 4.31 Å². The molecule has 29 heavy (non-hydrogen) atoms. The van der Waals surface area contributed by atoms with Gasteiger partial charge in [-0.1, -0.05) is 12.1 Å². The largest absolute Gasteiger partial charge is 0.325 e. The lowest BCUT2D eigenvalue weighted by Gasteiger charge is -2.30. The molecular weight excluding hydrogens is 402 g/mol. The molecule has 0 atom stereocenters. The number of carbonyl (C=O) groups is 2. The fourth-order valence-electron chi connectivity index (χ4n) is 3.28. The molecule has 6 nitrogen and oxygen atoms in total. The van der Waals surface area contributed by atoms with Crippen molar-refractivity contribution < 1.29 is 26.8 Å². The first-order valence-corrected chi connectivity index (χ1v) is 10.5. The van der Waals surface area contributed by atoms with Crippen molar-refractivity contribution in [1.82, 2.24) is 4.31 Å². The molecule has 154 valence electrons. The van der Waals surface area contributed by atoms with Crippen LogP contribution < -0.4 is 5.32 Å². The molecule has 2 aromatic carbocycles. The molecule has 0 aromatic heterocycles. The topological polar surface area (TPSA) is 83.6 Å². The lowest BCUT2D eigenvalue weighted by atomic mass is 9.97. The summed E-state index contributed by atoms with van der Waals surface area (Å²) in [6, 6.07) is 9.11. The number of amides is 1. The highest BCUT2D eigenvalue weighted by molar-refractivity contribution is 7.89. The molecule has 1 amide bonds. The molecule has 0 unspecified atom stereocenters. The predicted molar refractivity (Wildman–Crippen MR) is 103 cm³/mol. The molecule has 1 fully saturated rings. The third kappa shape index (κ3) is 4.51. The summed E-state index contributed by atoms with van der Waals surface area (Å²) < 4.78 is 52.9. The Bertz CT molecular complexity index is 1050. The molecule has 1 aliphatic heterocycles. The Kier molecular flexibility index (Phi) is 6.09. The number of benzene rings is 2. The van der Waals surface area contributed by atoms with E-state index in [2.05, 4.69) is 5.32 Å². The van der Waals surface area contributed by atoms with Crippen molar-refractivity contribution in [3.8, 4) is 0 Å². The smallest absolute Gasteiger partial charge is 0.243 e. The molecule has 0 spiro atoms. The van der Waals surface area contributed by atoms with Crippen LogP contribution in [0.3, 0.4) is 0 Å². The average Bonchev–Trinajstić information content (AvgIpc) is 2.70.